The quantitative estimate of drug-likeness (QED) is 0.619. The molecule has 24 heavy (non-hydrogen) atoms. The van der Waals surface area contributed by atoms with E-state index >= 15 is 0 Å². The lowest BCUT2D eigenvalue weighted by Crippen LogP contribution is -2.10. The number of hydrogen-bond acceptors (Lipinski definition) is 5. The number of hydrogen-bond donors (Lipinski definition) is 1. The summed E-state index contributed by atoms with van der Waals surface area (Å²) in [6.45, 7) is -0.176. The van der Waals surface area contributed by atoms with Crippen LogP contribution in [0.1, 0.15) is 26.3 Å². The number of carbonyl (C=O) groups excluding carboxylic acids is 1. The molecule has 7 heteroatoms. The highest BCUT2D eigenvalue weighted by Crippen LogP contribution is 2.30. The average Bonchev–Trinajstić information content (AvgIpc) is 2.58. The smallest absolute Gasteiger partial charge is 0.335 e. The molecule has 0 bridgehead atoms. The van der Waals surface area contributed by atoms with Crippen molar-refractivity contribution >= 4 is 11.8 Å². The predicted molar refractivity (Wildman–Crippen MR) is 82.3 cm³/mol. The van der Waals surface area contributed by atoms with Gasteiger partial charge in [0.1, 0.15) is 22.9 Å². The lowest BCUT2D eigenvalue weighted by Gasteiger charge is -2.13. The molecule has 0 spiro atoms. The first-order valence-corrected chi connectivity index (χ1v) is 6.85. The van der Waals surface area contributed by atoms with Gasteiger partial charge in [-0.3, -0.25) is 4.79 Å². The minimum atomic E-state index is -1.12. The first kappa shape index (κ1) is 17.4. The van der Waals surface area contributed by atoms with Crippen molar-refractivity contribution in [1.82, 2.24) is 0 Å². The number of carboxylic acid groups (broad SMARTS) is 1. The molecule has 0 fully saturated rings. The number of halogens is 1. The average molecular weight is 334 g/mol. The largest absolute Gasteiger partial charge is 0.497 e. The van der Waals surface area contributed by atoms with Crippen LogP contribution >= 0.6 is 0 Å². The molecule has 0 heterocycles. The first-order valence-electron chi connectivity index (χ1n) is 6.85. The number of benzene rings is 2. The van der Waals surface area contributed by atoms with Crippen molar-refractivity contribution in [3.05, 3.63) is 58.9 Å². The molecule has 0 aliphatic heterocycles. The van der Waals surface area contributed by atoms with Crippen LogP contribution in [0.2, 0.25) is 0 Å². The van der Waals surface area contributed by atoms with E-state index in [9.17, 15) is 14.0 Å². The maximum absolute atomic E-state index is 14.4. The minimum Gasteiger partial charge on any atom is -0.497 e. The SMILES string of the molecule is COCOc1cc(OC)cc(F)c1C(=O)c1ccc(C(=O)O)cc1. The maximum Gasteiger partial charge on any atom is 0.335 e. The van der Waals surface area contributed by atoms with Crippen LogP contribution in [0.4, 0.5) is 4.39 Å². The van der Waals surface area contributed by atoms with E-state index in [2.05, 4.69) is 0 Å². The second kappa shape index (κ2) is 7.56. The summed E-state index contributed by atoms with van der Waals surface area (Å²) in [5.74, 6) is -2.41. The van der Waals surface area contributed by atoms with Gasteiger partial charge in [0.15, 0.2) is 12.6 Å². The van der Waals surface area contributed by atoms with Crippen LogP contribution in [0.25, 0.3) is 0 Å². The van der Waals surface area contributed by atoms with Gasteiger partial charge in [-0.1, -0.05) is 12.1 Å². The van der Waals surface area contributed by atoms with E-state index in [4.69, 9.17) is 19.3 Å². The van der Waals surface area contributed by atoms with Crippen molar-refractivity contribution in [2.45, 2.75) is 0 Å². The molecule has 0 amide bonds. The molecule has 0 saturated heterocycles. The zero-order valence-electron chi connectivity index (χ0n) is 13.0. The summed E-state index contributed by atoms with van der Waals surface area (Å²) >= 11 is 0. The molecular formula is C17H15FO6. The molecule has 0 aliphatic carbocycles. The van der Waals surface area contributed by atoms with Crippen LogP contribution in [0.15, 0.2) is 36.4 Å². The Bertz CT molecular complexity index is 754. The van der Waals surface area contributed by atoms with Gasteiger partial charge in [0.05, 0.1) is 12.7 Å². The van der Waals surface area contributed by atoms with Gasteiger partial charge in [0, 0.05) is 24.8 Å². The Labute approximate surface area is 137 Å². The maximum atomic E-state index is 14.4. The lowest BCUT2D eigenvalue weighted by atomic mass is 10.0. The highest BCUT2D eigenvalue weighted by atomic mass is 19.1. The molecule has 126 valence electrons. The Morgan fingerprint density at radius 1 is 1.08 bits per heavy atom. The van der Waals surface area contributed by atoms with E-state index in [0.717, 1.165) is 6.07 Å². The fourth-order valence-electron chi connectivity index (χ4n) is 2.04. The van der Waals surface area contributed by atoms with Gasteiger partial charge in [0.2, 0.25) is 0 Å². The molecule has 0 aromatic heterocycles. The molecule has 2 aromatic rings. The van der Waals surface area contributed by atoms with Crippen LogP contribution < -0.4 is 9.47 Å². The molecule has 0 saturated carbocycles. The third-order valence-electron chi connectivity index (χ3n) is 3.22. The van der Waals surface area contributed by atoms with Gasteiger partial charge in [0.25, 0.3) is 0 Å². The molecule has 0 unspecified atom stereocenters. The Morgan fingerprint density at radius 2 is 1.71 bits per heavy atom. The Kier molecular flexibility index (Phi) is 5.49. The van der Waals surface area contributed by atoms with Gasteiger partial charge in [-0.25, -0.2) is 9.18 Å². The summed E-state index contributed by atoms with van der Waals surface area (Å²) < 4.78 is 29.4. The number of aromatic carboxylic acids is 1. The van der Waals surface area contributed by atoms with Crippen molar-refractivity contribution in [2.24, 2.45) is 0 Å². The standard InChI is InChI=1S/C17H15FO6/c1-22-9-24-14-8-12(23-2)7-13(18)15(14)16(19)10-3-5-11(6-4-10)17(20)21/h3-8H,9H2,1-2H3,(H,20,21). The van der Waals surface area contributed by atoms with Crippen LogP contribution in [0.3, 0.4) is 0 Å². The zero-order chi connectivity index (χ0) is 17.7. The minimum absolute atomic E-state index is 0.0256. The van der Waals surface area contributed by atoms with Crippen molar-refractivity contribution in [3.8, 4) is 11.5 Å². The Balaban J connectivity index is 2.45. The second-order valence-electron chi connectivity index (χ2n) is 4.74. The van der Waals surface area contributed by atoms with Crippen LogP contribution in [-0.2, 0) is 4.74 Å². The Hall–Kier alpha value is -2.93. The number of rotatable bonds is 7. The van der Waals surface area contributed by atoms with Crippen molar-refractivity contribution < 1.29 is 33.3 Å². The Morgan fingerprint density at radius 3 is 2.25 bits per heavy atom. The van der Waals surface area contributed by atoms with Crippen LogP contribution in [0.5, 0.6) is 11.5 Å². The van der Waals surface area contributed by atoms with Crippen molar-refractivity contribution in [2.75, 3.05) is 21.0 Å². The number of methoxy groups -OCH3 is 2. The van der Waals surface area contributed by atoms with Gasteiger partial charge >= 0.3 is 5.97 Å². The van der Waals surface area contributed by atoms with E-state index in [-0.39, 0.29) is 35.0 Å². The fourth-order valence-corrected chi connectivity index (χ4v) is 2.04. The summed E-state index contributed by atoms with van der Waals surface area (Å²) in [6.07, 6.45) is 0. The topological polar surface area (TPSA) is 82.1 Å². The number of carboxylic acids is 1. The van der Waals surface area contributed by atoms with Crippen molar-refractivity contribution in [3.63, 3.8) is 0 Å². The summed E-state index contributed by atoms with van der Waals surface area (Å²) in [5.41, 5.74) is -0.125. The first-order chi connectivity index (χ1) is 11.5. The van der Waals surface area contributed by atoms with E-state index in [1.54, 1.807) is 0 Å². The monoisotopic (exact) mass is 334 g/mol. The molecule has 0 radical (unpaired) electrons. The summed E-state index contributed by atoms with van der Waals surface area (Å²) in [4.78, 5) is 23.4. The summed E-state index contributed by atoms with van der Waals surface area (Å²) in [5, 5.41) is 8.88. The van der Waals surface area contributed by atoms with Crippen LogP contribution in [-0.4, -0.2) is 37.9 Å². The third kappa shape index (κ3) is 3.69. The molecule has 1 N–H and O–H groups in total. The summed E-state index contributed by atoms with van der Waals surface area (Å²) in [6, 6.07) is 7.62. The van der Waals surface area contributed by atoms with E-state index in [0.29, 0.717) is 0 Å². The second-order valence-corrected chi connectivity index (χ2v) is 4.74. The molecular weight excluding hydrogens is 319 g/mol. The van der Waals surface area contributed by atoms with Gasteiger partial charge < -0.3 is 19.3 Å². The molecule has 6 nitrogen and oxygen atoms in total. The van der Waals surface area contributed by atoms with Gasteiger partial charge in [-0.2, -0.15) is 0 Å². The van der Waals surface area contributed by atoms with E-state index < -0.39 is 17.6 Å². The van der Waals surface area contributed by atoms with Crippen LogP contribution in [0, 0.1) is 5.82 Å². The molecule has 2 aromatic carbocycles. The number of ketones is 1. The zero-order valence-corrected chi connectivity index (χ0v) is 13.0. The fraction of sp³-hybridized carbons (Fsp3) is 0.176. The normalized spacial score (nSPS) is 10.3. The number of carbonyl (C=O) groups is 2. The summed E-state index contributed by atoms with van der Waals surface area (Å²) in [7, 11) is 2.75. The third-order valence-corrected chi connectivity index (χ3v) is 3.22. The van der Waals surface area contributed by atoms with E-state index in [1.807, 2.05) is 0 Å². The van der Waals surface area contributed by atoms with Gasteiger partial charge in [-0.05, 0) is 12.1 Å². The highest BCUT2D eigenvalue weighted by Gasteiger charge is 2.22. The van der Waals surface area contributed by atoms with E-state index in [1.165, 1.54) is 44.6 Å². The lowest BCUT2D eigenvalue weighted by molar-refractivity contribution is 0.0499. The molecule has 2 rings (SSSR count). The molecule has 0 atom stereocenters. The van der Waals surface area contributed by atoms with Crippen molar-refractivity contribution in [1.29, 1.82) is 0 Å². The predicted octanol–water partition coefficient (Wildman–Crippen LogP) is 2.75. The highest BCUT2D eigenvalue weighted by molar-refractivity contribution is 6.11. The van der Waals surface area contributed by atoms with Gasteiger partial charge in [-0.15, -0.1) is 0 Å². The molecule has 0 aliphatic rings. The number of ether oxygens (including phenoxy) is 3.